The number of carbonyl (C=O) groups excluding carboxylic acids is 2. The third-order valence-electron chi connectivity index (χ3n) is 3.77. The summed E-state index contributed by atoms with van der Waals surface area (Å²) in [6.45, 7) is 2.18. The van der Waals surface area contributed by atoms with Crippen molar-refractivity contribution in [3.05, 3.63) is 16.0 Å². The van der Waals surface area contributed by atoms with E-state index in [1.807, 2.05) is 0 Å². The lowest BCUT2D eigenvalue weighted by molar-refractivity contribution is -0.115. The number of amides is 2. The van der Waals surface area contributed by atoms with Crippen LogP contribution >= 0.6 is 22.9 Å². The Morgan fingerprint density at radius 2 is 2.25 bits per heavy atom. The number of rotatable bonds is 5. The van der Waals surface area contributed by atoms with E-state index in [1.54, 1.807) is 0 Å². The molecule has 20 heavy (non-hydrogen) atoms. The molecule has 1 aromatic heterocycles. The van der Waals surface area contributed by atoms with Gasteiger partial charge in [0.15, 0.2) is 0 Å². The Hall–Kier alpha value is -1.07. The van der Waals surface area contributed by atoms with Gasteiger partial charge < -0.3 is 11.1 Å². The van der Waals surface area contributed by atoms with E-state index in [2.05, 4.69) is 12.2 Å². The van der Waals surface area contributed by atoms with Crippen LogP contribution in [0.2, 0.25) is 0 Å². The zero-order valence-electron chi connectivity index (χ0n) is 11.5. The molecule has 110 valence electrons. The zero-order valence-corrected chi connectivity index (χ0v) is 13.1. The Morgan fingerprint density at radius 3 is 2.85 bits per heavy atom. The first-order valence-corrected chi connectivity index (χ1v) is 8.22. The lowest BCUT2D eigenvalue weighted by Crippen LogP contribution is -2.19. The summed E-state index contributed by atoms with van der Waals surface area (Å²) in [7, 11) is 0. The standard InChI is InChI=1S/C14H19ClN2O2S/c1-2-8-3-4-9-10(7-8)20-14(12(9)13(16)19)17-11(18)5-6-15/h8H,2-7H2,1H3,(H2,16,19)(H,17,18). The lowest BCUT2D eigenvalue weighted by Gasteiger charge is -2.20. The minimum Gasteiger partial charge on any atom is -0.365 e. The maximum absolute atomic E-state index is 11.7. The average molecular weight is 315 g/mol. The fourth-order valence-electron chi connectivity index (χ4n) is 2.63. The van der Waals surface area contributed by atoms with Crippen LogP contribution in [0.15, 0.2) is 0 Å². The van der Waals surface area contributed by atoms with Crippen molar-refractivity contribution in [3.63, 3.8) is 0 Å². The molecule has 1 atom stereocenters. The summed E-state index contributed by atoms with van der Waals surface area (Å²) in [6.07, 6.45) is 4.29. The smallest absolute Gasteiger partial charge is 0.251 e. The maximum Gasteiger partial charge on any atom is 0.251 e. The minimum atomic E-state index is -0.460. The second kappa shape index (κ2) is 6.59. The van der Waals surface area contributed by atoms with E-state index < -0.39 is 5.91 Å². The van der Waals surface area contributed by atoms with Gasteiger partial charge in [-0.2, -0.15) is 0 Å². The van der Waals surface area contributed by atoms with Crippen LogP contribution in [0, 0.1) is 5.92 Å². The number of anilines is 1. The highest BCUT2D eigenvalue weighted by Crippen LogP contribution is 2.40. The second-order valence-corrected chi connectivity index (χ2v) is 6.56. The van der Waals surface area contributed by atoms with Crippen LogP contribution in [-0.2, 0) is 17.6 Å². The molecule has 0 bridgehead atoms. The largest absolute Gasteiger partial charge is 0.365 e. The fourth-order valence-corrected chi connectivity index (χ4v) is 4.18. The zero-order chi connectivity index (χ0) is 14.7. The van der Waals surface area contributed by atoms with Gasteiger partial charge in [-0.1, -0.05) is 13.3 Å². The predicted octanol–water partition coefficient (Wildman–Crippen LogP) is 2.93. The van der Waals surface area contributed by atoms with Gasteiger partial charge in [-0.05, 0) is 30.7 Å². The van der Waals surface area contributed by atoms with Crippen molar-refractivity contribution in [3.8, 4) is 0 Å². The van der Waals surface area contributed by atoms with Gasteiger partial charge >= 0.3 is 0 Å². The van der Waals surface area contributed by atoms with Gasteiger partial charge in [0.25, 0.3) is 5.91 Å². The third-order valence-corrected chi connectivity index (χ3v) is 5.12. The molecule has 0 spiro atoms. The molecular formula is C14H19ClN2O2S. The number of hydrogen-bond acceptors (Lipinski definition) is 3. The van der Waals surface area contributed by atoms with E-state index >= 15 is 0 Å². The summed E-state index contributed by atoms with van der Waals surface area (Å²) in [4.78, 5) is 24.6. The van der Waals surface area contributed by atoms with Crippen molar-refractivity contribution in [1.82, 2.24) is 0 Å². The van der Waals surface area contributed by atoms with Crippen molar-refractivity contribution in [2.75, 3.05) is 11.2 Å². The molecule has 3 N–H and O–H groups in total. The highest BCUT2D eigenvalue weighted by atomic mass is 35.5. The molecule has 2 rings (SSSR count). The highest BCUT2D eigenvalue weighted by Gasteiger charge is 2.27. The molecular weight excluding hydrogens is 296 g/mol. The number of thiophene rings is 1. The number of nitrogens with two attached hydrogens (primary N) is 1. The van der Waals surface area contributed by atoms with Crippen molar-refractivity contribution in [1.29, 1.82) is 0 Å². The van der Waals surface area contributed by atoms with Gasteiger partial charge in [0.2, 0.25) is 5.91 Å². The van der Waals surface area contributed by atoms with Crippen LogP contribution in [-0.4, -0.2) is 17.7 Å². The van der Waals surface area contributed by atoms with E-state index in [9.17, 15) is 9.59 Å². The Labute approximate surface area is 127 Å². The number of fused-ring (bicyclic) bond motifs is 1. The normalized spacial score (nSPS) is 17.6. The van der Waals surface area contributed by atoms with Crippen molar-refractivity contribution in [2.24, 2.45) is 11.7 Å². The number of nitrogens with one attached hydrogen (secondary N) is 1. The maximum atomic E-state index is 11.7. The summed E-state index contributed by atoms with van der Waals surface area (Å²) in [6, 6.07) is 0. The van der Waals surface area contributed by atoms with Crippen LogP contribution in [0.3, 0.4) is 0 Å². The number of alkyl halides is 1. The van der Waals surface area contributed by atoms with Crippen LogP contribution in [0.5, 0.6) is 0 Å². The summed E-state index contributed by atoms with van der Waals surface area (Å²) >= 11 is 7.04. The van der Waals surface area contributed by atoms with Crippen molar-refractivity contribution < 1.29 is 9.59 Å². The first-order chi connectivity index (χ1) is 9.56. The van der Waals surface area contributed by atoms with E-state index in [0.717, 1.165) is 31.2 Å². The summed E-state index contributed by atoms with van der Waals surface area (Å²) in [5, 5.41) is 3.37. The van der Waals surface area contributed by atoms with Gasteiger partial charge in [-0.3, -0.25) is 9.59 Å². The molecule has 0 radical (unpaired) electrons. The number of carbonyl (C=O) groups is 2. The monoisotopic (exact) mass is 314 g/mol. The molecule has 1 aromatic rings. The summed E-state index contributed by atoms with van der Waals surface area (Å²) in [5.41, 5.74) is 7.03. The van der Waals surface area contributed by atoms with Crippen LogP contribution < -0.4 is 11.1 Å². The van der Waals surface area contributed by atoms with Gasteiger partial charge in [0.05, 0.1) is 5.56 Å². The second-order valence-electron chi connectivity index (χ2n) is 5.08. The van der Waals surface area contributed by atoms with E-state index in [4.69, 9.17) is 17.3 Å². The van der Waals surface area contributed by atoms with Crippen LogP contribution in [0.4, 0.5) is 5.00 Å². The topological polar surface area (TPSA) is 72.2 Å². The van der Waals surface area contributed by atoms with E-state index in [-0.39, 0.29) is 18.2 Å². The van der Waals surface area contributed by atoms with E-state index in [0.29, 0.717) is 16.5 Å². The molecule has 0 fully saturated rings. The van der Waals surface area contributed by atoms with Gasteiger partial charge in [-0.25, -0.2) is 0 Å². The molecule has 0 aliphatic heterocycles. The summed E-state index contributed by atoms with van der Waals surface area (Å²) < 4.78 is 0. The fraction of sp³-hybridized carbons (Fsp3) is 0.571. The number of hydrogen-bond donors (Lipinski definition) is 2. The van der Waals surface area contributed by atoms with Crippen LogP contribution in [0.25, 0.3) is 0 Å². The molecule has 6 heteroatoms. The Morgan fingerprint density at radius 1 is 1.50 bits per heavy atom. The molecule has 1 aliphatic carbocycles. The lowest BCUT2D eigenvalue weighted by atomic mass is 9.85. The van der Waals surface area contributed by atoms with Crippen LogP contribution in [0.1, 0.15) is 47.0 Å². The molecule has 4 nitrogen and oxygen atoms in total. The Kier molecular flexibility index (Phi) is 5.05. The molecule has 0 saturated heterocycles. The predicted molar refractivity (Wildman–Crippen MR) is 82.6 cm³/mol. The number of primary amides is 1. The average Bonchev–Trinajstić information content (AvgIpc) is 2.75. The molecule has 0 saturated carbocycles. The first-order valence-electron chi connectivity index (χ1n) is 6.86. The van der Waals surface area contributed by atoms with Gasteiger partial charge in [0, 0.05) is 17.2 Å². The third kappa shape index (κ3) is 3.15. The number of halogens is 1. The minimum absolute atomic E-state index is 0.173. The molecule has 1 heterocycles. The Balaban J connectivity index is 2.30. The van der Waals surface area contributed by atoms with Gasteiger partial charge in [-0.15, -0.1) is 22.9 Å². The SMILES string of the molecule is CCC1CCc2c(sc(NC(=O)CCCl)c2C(N)=O)C1. The molecule has 0 aromatic carbocycles. The van der Waals surface area contributed by atoms with Crippen molar-refractivity contribution >= 4 is 39.8 Å². The molecule has 1 unspecified atom stereocenters. The van der Waals surface area contributed by atoms with Crippen molar-refractivity contribution in [2.45, 2.75) is 39.0 Å². The van der Waals surface area contributed by atoms with E-state index in [1.165, 1.54) is 16.2 Å². The first kappa shape index (κ1) is 15.3. The molecule has 1 aliphatic rings. The summed E-state index contributed by atoms with van der Waals surface area (Å²) in [5.74, 6) is 0.292. The van der Waals surface area contributed by atoms with Gasteiger partial charge in [0.1, 0.15) is 5.00 Å². The Bertz CT molecular complexity index is 527. The highest BCUT2D eigenvalue weighted by molar-refractivity contribution is 7.17. The quantitative estimate of drug-likeness (QED) is 0.820. The molecule has 2 amide bonds.